The first-order valence-corrected chi connectivity index (χ1v) is 8.60. The second-order valence-corrected chi connectivity index (χ2v) is 7.80. The molecule has 2 aromatic rings. The maximum absolute atomic E-state index is 12.7. The van der Waals surface area contributed by atoms with E-state index in [9.17, 15) is 13.5 Å². The maximum Gasteiger partial charge on any atom is 0.243 e. The maximum atomic E-state index is 12.7. The Labute approximate surface area is 131 Å². The fraction of sp³-hybridized carbons (Fsp3) is 0.294. The van der Waals surface area contributed by atoms with E-state index in [0.29, 0.717) is 11.1 Å². The van der Waals surface area contributed by atoms with Gasteiger partial charge in [0.1, 0.15) is 5.60 Å². The largest absolute Gasteiger partial charge is 0.379 e. The van der Waals surface area contributed by atoms with Gasteiger partial charge in [-0.2, -0.15) is 4.31 Å². The summed E-state index contributed by atoms with van der Waals surface area (Å²) in [5, 5.41) is 11.5. The van der Waals surface area contributed by atoms with Gasteiger partial charge in [-0.1, -0.05) is 48.0 Å². The molecule has 0 radical (unpaired) electrons. The SMILES string of the molecule is Cc1ccc2c(c1)[C@@](O)(c1ccccc1)[C@H](C)N(C)S2(=O)=O. The number of aryl methyl sites for hydroxylation is 1. The van der Waals surface area contributed by atoms with Crippen LogP contribution in [0.1, 0.15) is 23.6 Å². The molecule has 2 aromatic carbocycles. The Morgan fingerprint density at radius 1 is 1.14 bits per heavy atom. The molecule has 0 saturated heterocycles. The molecule has 0 fully saturated rings. The molecule has 2 atom stereocenters. The van der Waals surface area contributed by atoms with Crippen molar-refractivity contribution in [2.45, 2.75) is 30.4 Å². The van der Waals surface area contributed by atoms with E-state index in [1.165, 1.54) is 11.4 Å². The Morgan fingerprint density at radius 3 is 2.41 bits per heavy atom. The Morgan fingerprint density at radius 2 is 1.77 bits per heavy atom. The van der Waals surface area contributed by atoms with Crippen molar-refractivity contribution in [3.63, 3.8) is 0 Å². The van der Waals surface area contributed by atoms with Gasteiger partial charge in [0.15, 0.2) is 0 Å². The van der Waals surface area contributed by atoms with Crippen molar-refractivity contribution < 1.29 is 13.5 Å². The highest BCUT2D eigenvalue weighted by Crippen LogP contribution is 2.44. The Kier molecular flexibility index (Phi) is 3.40. The van der Waals surface area contributed by atoms with Crippen molar-refractivity contribution in [1.29, 1.82) is 0 Å². The molecule has 5 heteroatoms. The Bertz CT molecular complexity index is 817. The van der Waals surface area contributed by atoms with Crippen LogP contribution in [0, 0.1) is 6.92 Å². The van der Waals surface area contributed by atoms with E-state index in [0.717, 1.165) is 5.56 Å². The minimum Gasteiger partial charge on any atom is -0.379 e. The number of hydrogen-bond acceptors (Lipinski definition) is 3. The predicted octanol–water partition coefficient (Wildman–Crippen LogP) is 2.25. The number of rotatable bonds is 1. The van der Waals surface area contributed by atoms with Gasteiger partial charge in [-0.15, -0.1) is 0 Å². The van der Waals surface area contributed by atoms with Crippen LogP contribution >= 0.6 is 0 Å². The fourth-order valence-corrected chi connectivity index (χ4v) is 4.72. The lowest BCUT2D eigenvalue weighted by atomic mass is 9.80. The number of fused-ring (bicyclic) bond motifs is 1. The molecule has 0 aromatic heterocycles. The number of likely N-dealkylation sites (N-methyl/N-ethyl adjacent to an activating group) is 1. The number of benzene rings is 2. The predicted molar refractivity (Wildman–Crippen MR) is 85.0 cm³/mol. The minimum absolute atomic E-state index is 0.171. The lowest BCUT2D eigenvalue weighted by Gasteiger charge is -2.44. The minimum atomic E-state index is -3.59. The first-order valence-electron chi connectivity index (χ1n) is 7.16. The third-order valence-electron chi connectivity index (χ3n) is 4.57. The molecule has 0 aliphatic carbocycles. The lowest BCUT2D eigenvalue weighted by molar-refractivity contribution is 0.0132. The summed E-state index contributed by atoms with van der Waals surface area (Å²) in [7, 11) is -2.08. The zero-order valence-corrected chi connectivity index (χ0v) is 13.6. The standard InChI is InChI=1S/C17H19NO3S/c1-12-9-10-16-15(11-12)17(19,14-7-5-4-6-8-14)13(2)18(3)22(16,20)21/h4-11,13,19H,1-3H3/t13-,17-/m0/s1. The van der Waals surface area contributed by atoms with Crippen molar-refractivity contribution in [3.05, 3.63) is 65.2 Å². The van der Waals surface area contributed by atoms with Gasteiger partial charge < -0.3 is 5.11 Å². The second-order valence-electron chi connectivity index (χ2n) is 5.83. The zero-order valence-electron chi connectivity index (χ0n) is 12.8. The molecule has 0 spiro atoms. The van der Waals surface area contributed by atoms with Gasteiger partial charge >= 0.3 is 0 Å². The third-order valence-corrected chi connectivity index (χ3v) is 6.55. The summed E-state index contributed by atoms with van der Waals surface area (Å²) >= 11 is 0. The van der Waals surface area contributed by atoms with Gasteiger partial charge in [-0.05, 0) is 25.5 Å². The number of sulfonamides is 1. The van der Waals surface area contributed by atoms with Gasteiger partial charge in [0.2, 0.25) is 10.0 Å². The van der Waals surface area contributed by atoms with Crippen LogP contribution in [0.5, 0.6) is 0 Å². The summed E-state index contributed by atoms with van der Waals surface area (Å²) < 4.78 is 26.6. The quantitative estimate of drug-likeness (QED) is 0.877. The van der Waals surface area contributed by atoms with E-state index in [-0.39, 0.29) is 4.90 Å². The van der Waals surface area contributed by atoms with Crippen LogP contribution in [0.4, 0.5) is 0 Å². The van der Waals surface area contributed by atoms with Crippen LogP contribution in [0.3, 0.4) is 0 Å². The summed E-state index contributed by atoms with van der Waals surface area (Å²) in [6, 6.07) is 13.7. The van der Waals surface area contributed by atoms with Crippen LogP contribution in [0.25, 0.3) is 0 Å². The molecule has 1 heterocycles. The molecular weight excluding hydrogens is 298 g/mol. The molecule has 1 N–H and O–H groups in total. The Hall–Kier alpha value is -1.69. The van der Waals surface area contributed by atoms with Gasteiger partial charge in [0.05, 0.1) is 10.9 Å². The molecule has 1 aliphatic heterocycles. The highest BCUT2D eigenvalue weighted by atomic mass is 32.2. The zero-order chi connectivity index (χ0) is 16.1. The molecule has 116 valence electrons. The average Bonchev–Trinajstić information content (AvgIpc) is 2.52. The molecule has 3 rings (SSSR count). The van der Waals surface area contributed by atoms with Crippen molar-refractivity contribution in [2.75, 3.05) is 7.05 Å². The van der Waals surface area contributed by atoms with Gasteiger partial charge in [0.25, 0.3) is 0 Å². The van der Waals surface area contributed by atoms with E-state index in [1.54, 1.807) is 25.1 Å². The van der Waals surface area contributed by atoms with Gasteiger partial charge in [0, 0.05) is 12.6 Å². The summed E-state index contributed by atoms with van der Waals surface area (Å²) in [5.41, 5.74) is 0.684. The Balaban J connectivity index is 2.39. The summed E-state index contributed by atoms with van der Waals surface area (Å²) in [6.45, 7) is 3.62. The fourth-order valence-electron chi connectivity index (χ4n) is 3.11. The average molecular weight is 317 g/mol. The summed E-state index contributed by atoms with van der Waals surface area (Å²) in [6.07, 6.45) is 0. The second kappa shape index (κ2) is 4.91. The van der Waals surface area contributed by atoms with Crippen LogP contribution in [-0.4, -0.2) is 30.9 Å². The number of hydrogen-bond donors (Lipinski definition) is 1. The molecule has 0 amide bonds. The van der Waals surface area contributed by atoms with E-state index in [4.69, 9.17) is 0 Å². The molecule has 1 aliphatic rings. The number of aliphatic hydroxyl groups is 1. The highest BCUT2D eigenvalue weighted by Gasteiger charge is 2.50. The normalized spacial score (nSPS) is 27.4. The smallest absolute Gasteiger partial charge is 0.243 e. The van der Waals surface area contributed by atoms with Crippen LogP contribution in [-0.2, 0) is 15.6 Å². The molecule has 0 saturated carbocycles. The first kappa shape index (κ1) is 15.2. The van der Waals surface area contributed by atoms with Crippen molar-refractivity contribution in [3.8, 4) is 0 Å². The topological polar surface area (TPSA) is 57.6 Å². The van der Waals surface area contributed by atoms with E-state index in [1.807, 2.05) is 37.3 Å². The summed E-state index contributed by atoms with van der Waals surface area (Å²) in [5.74, 6) is 0. The molecule has 0 unspecified atom stereocenters. The van der Waals surface area contributed by atoms with Crippen LogP contribution in [0.15, 0.2) is 53.4 Å². The van der Waals surface area contributed by atoms with E-state index < -0.39 is 21.7 Å². The van der Waals surface area contributed by atoms with E-state index >= 15 is 0 Å². The van der Waals surface area contributed by atoms with E-state index in [2.05, 4.69) is 0 Å². The molecule has 0 bridgehead atoms. The van der Waals surface area contributed by atoms with Crippen molar-refractivity contribution in [1.82, 2.24) is 4.31 Å². The van der Waals surface area contributed by atoms with Gasteiger partial charge in [-0.25, -0.2) is 8.42 Å². The van der Waals surface area contributed by atoms with Crippen molar-refractivity contribution >= 4 is 10.0 Å². The molecular formula is C17H19NO3S. The van der Waals surface area contributed by atoms with Crippen molar-refractivity contribution in [2.24, 2.45) is 0 Å². The van der Waals surface area contributed by atoms with Crippen LogP contribution < -0.4 is 0 Å². The van der Waals surface area contributed by atoms with Gasteiger partial charge in [-0.3, -0.25) is 0 Å². The molecule has 4 nitrogen and oxygen atoms in total. The summed E-state index contributed by atoms with van der Waals surface area (Å²) in [4.78, 5) is 0.171. The molecule has 22 heavy (non-hydrogen) atoms. The first-order chi connectivity index (χ1) is 10.3. The third kappa shape index (κ3) is 1.93. The lowest BCUT2D eigenvalue weighted by Crippen LogP contribution is -2.54. The van der Waals surface area contributed by atoms with Crippen LogP contribution in [0.2, 0.25) is 0 Å². The monoisotopic (exact) mass is 317 g/mol. The highest BCUT2D eigenvalue weighted by molar-refractivity contribution is 7.89. The number of nitrogens with zero attached hydrogens (tertiary/aromatic N) is 1.